The fraction of sp³-hybridized carbons (Fsp3) is 0.632. The number of quaternary nitrogens is 1. The van der Waals surface area contributed by atoms with E-state index in [2.05, 4.69) is 19.2 Å². The maximum atomic E-state index is 13.0. The summed E-state index contributed by atoms with van der Waals surface area (Å²) in [6.45, 7) is 10.0. The number of hydrogen-bond donors (Lipinski definition) is 2. The van der Waals surface area contributed by atoms with Crippen LogP contribution in [0.3, 0.4) is 0 Å². The van der Waals surface area contributed by atoms with Crippen LogP contribution in [0.1, 0.15) is 38.7 Å². The van der Waals surface area contributed by atoms with Gasteiger partial charge in [-0.1, -0.05) is 24.1 Å². The lowest BCUT2D eigenvalue weighted by atomic mass is 10.0. The molecule has 2 rings (SSSR count). The number of nitrogens with zero attached hydrogens (tertiary/aromatic N) is 1. The molecule has 0 unspecified atom stereocenters. The number of sulfonamides is 1. The Labute approximate surface area is 157 Å². The van der Waals surface area contributed by atoms with Gasteiger partial charge in [0.25, 0.3) is 0 Å². The number of carbonyl (C=O) groups is 1. The van der Waals surface area contributed by atoms with Crippen LogP contribution in [-0.2, 0) is 14.8 Å². The van der Waals surface area contributed by atoms with E-state index in [0.29, 0.717) is 19.5 Å². The summed E-state index contributed by atoms with van der Waals surface area (Å²) >= 11 is 0. The Hall–Kier alpha value is -1.44. The van der Waals surface area contributed by atoms with Gasteiger partial charge in [0, 0.05) is 6.54 Å². The lowest BCUT2D eigenvalue weighted by molar-refractivity contribution is -0.895. The SMILES string of the molecule is CC[NH+](CC)CCNC(=O)[C@H]1CCCCN1S(=O)(=O)c1ccc(C)cc1. The van der Waals surface area contributed by atoms with Crippen molar-refractivity contribution in [2.75, 3.05) is 32.7 Å². The molecule has 2 N–H and O–H groups in total. The van der Waals surface area contributed by atoms with Gasteiger partial charge in [0.2, 0.25) is 15.9 Å². The van der Waals surface area contributed by atoms with Crippen molar-refractivity contribution < 1.29 is 18.1 Å². The van der Waals surface area contributed by atoms with Gasteiger partial charge in [0.15, 0.2) is 0 Å². The number of aryl methyl sites for hydroxylation is 1. The predicted octanol–water partition coefficient (Wildman–Crippen LogP) is 0.579. The topological polar surface area (TPSA) is 70.9 Å². The van der Waals surface area contributed by atoms with E-state index in [-0.39, 0.29) is 10.8 Å². The van der Waals surface area contributed by atoms with Crippen molar-refractivity contribution in [2.45, 2.75) is 51.0 Å². The molecule has 146 valence electrons. The van der Waals surface area contributed by atoms with Crippen LogP contribution < -0.4 is 10.2 Å². The first-order valence-corrected chi connectivity index (χ1v) is 11.0. The predicted molar refractivity (Wildman–Crippen MR) is 103 cm³/mol. The molecule has 0 spiro atoms. The average Bonchev–Trinajstić information content (AvgIpc) is 2.65. The van der Waals surface area contributed by atoms with E-state index in [1.807, 2.05) is 6.92 Å². The van der Waals surface area contributed by atoms with Gasteiger partial charge >= 0.3 is 0 Å². The van der Waals surface area contributed by atoms with Crippen molar-refractivity contribution in [3.63, 3.8) is 0 Å². The molecule has 1 fully saturated rings. The second-order valence-corrected chi connectivity index (χ2v) is 8.83. The molecule has 26 heavy (non-hydrogen) atoms. The molecular formula is C19H32N3O3S+. The maximum Gasteiger partial charge on any atom is 0.243 e. The van der Waals surface area contributed by atoms with Crippen LogP contribution in [0.5, 0.6) is 0 Å². The van der Waals surface area contributed by atoms with Crippen molar-refractivity contribution >= 4 is 15.9 Å². The molecule has 0 aromatic heterocycles. The highest BCUT2D eigenvalue weighted by atomic mass is 32.2. The second kappa shape index (κ2) is 9.48. The molecule has 1 aromatic carbocycles. The zero-order valence-corrected chi connectivity index (χ0v) is 16.9. The van der Waals surface area contributed by atoms with Crippen LogP contribution in [0.25, 0.3) is 0 Å². The monoisotopic (exact) mass is 382 g/mol. The van der Waals surface area contributed by atoms with Gasteiger partial charge in [-0.05, 0) is 45.7 Å². The van der Waals surface area contributed by atoms with Crippen molar-refractivity contribution in [1.29, 1.82) is 0 Å². The minimum Gasteiger partial charge on any atom is -0.349 e. The molecule has 6 nitrogen and oxygen atoms in total. The number of likely N-dealkylation sites (N-methyl/N-ethyl adjacent to an activating group) is 1. The number of nitrogens with one attached hydrogen (secondary N) is 2. The van der Waals surface area contributed by atoms with Gasteiger partial charge in [-0.3, -0.25) is 4.79 Å². The third-order valence-electron chi connectivity index (χ3n) is 5.16. The standard InChI is InChI=1S/C19H31N3O3S/c1-4-21(5-2)15-13-20-19(23)18-8-6-7-14-22(18)26(24,25)17-11-9-16(3)10-12-17/h9-12,18H,4-8,13-15H2,1-3H3,(H,20,23)/p+1/t18-/m1/s1. The summed E-state index contributed by atoms with van der Waals surface area (Å²) in [5.74, 6) is -0.174. The Kier molecular flexibility index (Phi) is 7.61. The van der Waals surface area contributed by atoms with Gasteiger partial charge in [-0.25, -0.2) is 8.42 Å². The third kappa shape index (κ3) is 5.05. The highest BCUT2D eigenvalue weighted by Crippen LogP contribution is 2.25. The number of carbonyl (C=O) groups excluding carboxylic acids is 1. The van der Waals surface area contributed by atoms with Crippen molar-refractivity contribution in [3.05, 3.63) is 29.8 Å². The zero-order valence-electron chi connectivity index (χ0n) is 16.1. The van der Waals surface area contributed by atoms with Gasteiger partial charge < -0.3 is 10.2 Å². The molecule has 0 aliphatic carbocycles. The van der Waals surface area contributed by atoms with Gasteiger partial charge in [-0.2, -0.15) is 4.31 Å². The van der Waals surface area contributed by atoms with Crippen LogP contribution in [0.2, 0.25) is 0 Å². The summed E-state index contributed by atoms with van der Waals surface area (Å²) in [4.78, 5) is 14.3. The van der Waals surface area contributed by atoms with E-state index in [9.17, 15) is 13.2 Å². The summed E-state index contributed by atoms with van der Waals surface area (Å²) in [5, 5.41) is 2.95. The number of rotatable bonds is 8. The summed E-state index contributed by atoms with van der Waals surface area (Å²) in [6, 6.07) is 6.22. The van der Waals surface area contributed by atoms with Crippen molar-refractivity contribution in [3.8, 4) is 0 Å². The number of amides is 1. The highest BCUT2D eigenvalue weighted by Gasteiger charge is 2.37. The van der Waals surface area contributed by atoms with Crippen LogP contribution in [0.15, 0.2) is 29.2 Å². The van der Waals surface area contributed by atoms with E-state index >= 15 is 0 Å². The van der Waals surface area contributed by atoms with Crippen LogP contribution in [-0.4, -0.2) is 57.4 Å². The van der Waals surface area contributed by atoms with E-state index in [1.165, 1.54) is 9.21 Å². The minimum atomic E-state index is -3.66. The van der Waals surface area contributed by atoms with Crippen molar-refractivity contribution in [1.82, 2.24) is 9.62 Å². The van der Waals surface area contributed by atoms with Crippen molar-refractivity contribution in [2.24, 2.45) is 0 Å². The average molecular weight is 383 g/mol. The quantitative estimate of drug-likeness (QED) is 0.691. The first-order chi connectivity index (χ1) is 12.4. The molecule has 1 aromatic rings. The Morgan fingerprint density at radius 3 is 2.46 bits per heavy atom. The highest BCUT2D eigenvalue weighted by molar-refractivity contribution is 7.89. The van der Waals surface area contributed by atoms with Gasteiger partial charge in [0.05, 0.1) is 31.1 Å². The molecule has 0 bridgehead atoms. The molecule has 0 radical (unpaired) electrons. The molecule has 7 heteroatoms. The van der Waals surface area contributed by atoms with Gasteiger partial charge in [-0.15, -0.1) is 0 Å². The van der Waals surface area contributed by atoms with Crippen LogP contribution in [0, 0.1) is 6.92 Å². The Balaban J connectivity index is 2.08. The van der Waals surface area contributed by atoms with E-state index in [4.69, 9.17) is 0 Å². The van der Waals surface area contributed by atoms with Gasteiger partial charge in [0.1, 0.15) is 6.04 Å². The third-order valence-corrected chi connectivity index (χ3v) is 7.08. The van der Waals surface area contributed by atoms with Crippen LogP contribution in [0.4, 0.5) is 0 Å². The maximum absolute atomic E-state index is 13.0. The molecule has 1 saturated heterocycles. The Morgan fingerprint density at radius 1 is 1.19 bits per heavy atom. The lowest BCUT2D eigenvalue weighted by Gasteiger charge is -2.33. The zero-order chi connectivity index (χ0) is 19.2. The number of piperidine rings is 1. The number of benzene rings is 1. The van der Waals surface area contributed by atoms with E-state index < -0.39 is 16.1 Å². The fourth-order valence-electron chi connectivity index (χ4n) is 3.38. The fourth-order valence-corrected chi connectivity index (χ4v) is 5.04. The van der Waals surface area contributed by atoms with E-state index in [0.717, 1.165) is 38.0 Å². The molecule has 1 aliphatic rings. The molecular weight excluding hydrogens is 350 g/mol. The lowest BCUT2D eigenvalue weighted by Crippen LogP contribution is -3.12. The smallest absolute Gasteiger partial charge is 0.243 e. The Bertz CT molecular complexity index is 684. The first kappa shape index (κ1) is 20.9. The second-order valence-electron chi connectivity index (χ2n) is 6.94. The first-order valence-electron chi connectivity index (χ1n) is 9.60. The largest absolute Gasteiger partial charge is 0.349 e. The molecule has 1 amide bonds. The summed E-state index contributed by atoms with van der Waals surface area (Å²) < 4.78 is 27.4. The normalized spacial score (nSPS) is 18.8. The molecule has 1 heterocycles. The van der Waals surface area contributed by atoms with E-state index in [1.54, 1.807) is 24.3 Å². The number of hydrogen-bond acceptors (Lipinski definition) is 3. The molecule has 1 aliphatic heterocycles. The minimum absolute atomic E-state index is 0.174. The summed E-state index contributed by atoms with van der Waals surface area (Å²) in [6.07, 6.45) is 2.24. The summed E-state index contributed by atoms with van der Waals surface area (Å²) in [5.41, 5.74) is 1.01. The molecule has 1 atom stereocenters. The molecule has 0 saturated carbocycles. The van der Waals surface area contributed by atoms with Crippen LogP contribution >= 0.6 is 0 Å². The summed E-state index contributed by atoms with van der Waals surface area (Å²) in [7, 11) is -3.66. The Morgan fingerprint density at radius 2 is 1.85 bits per heavy atom.